The molecule has 30 heavy (non-hydrogen) atoms. The number of nitrogens with zero attached hydrogens (tertiary/aromatic N) is 1. The maximum absolute atomic E-state index is 13.0. The lowest BCUT2D eigenvalue weighted by Crippen LogP contribution is -2.47. The fourth-order valence-electron chi connectivity index (χ4n) is 2.98. The number of benzene rings is 2. The van der Waals surface area contributed by atoms with Crippen molar-refractivity contribution in [2.75, 3.05) is 13.2 Å². The van der Waals surface area contributed by atoms with Gasteiger partial charge in [-0.15, -0.1) is 0 Å². The summed E-state index contributed by atoms with van der Waals surface area (Å²) in [5.41, 5.74) is 0.932. The molecule has 2 amide bonds. The molecule has 0 aliphatic heterocycles. The van der Waals surface area contributed by atoms with Crippen LogP contribution in [-0.2, 0) is 16.1 Å². The second kappa shape index (κ2) is 12.9. The van der Waals surface area contributed by atoms with E-state index in [0.29, 0.717) is 37.6 Å². The van der Waals surface area contributed by atoms with Crippen LogP contribution >= 0.6 is 11.6 Å². The molecule has 0 saturated carbocycles. The van der Waals surface area contributed by atoms with Crippen molar-refractivity contribution < 1.29 is 14.3 Å². The van der Waals surface area contributed by atoms with Crippen LogP contribution in [0, 0.1) is 0 Å². The fraction of sp³-hybridized carbons (Fsp3) is 0.417. The van der Waals surface area contributed by atoms with Crippen molar-refractivity contribution in [1.82, 2.24) is 10.2 Å². The first-order valence-corrected chi connectivity index (χ1v) is 10.9. The van der Waals surface area contributed by atoms with Gasteiger partial charge in [-0.25, -0.2) is 0 Å². The number of nitrogens with one attached hydrogen (secondary N) is 1. The largest absolute Gasteiger partial charge is 0.494 e. The molecule has 0 fully saturated rings. The van der Waals surface area contributed by atoms with E-state index < -0.39 is 6.04 Å². The lowest BCUT2D eigenvalue weighted by atomic mass is 10.1. The van der Waals surface area contributed by atoms with E-state index >= 15 is 0 Å². The summed E-state index contributed by atoms with van der Waals surface area (Å²) in [5.74, 6) is 0.581. The van der Waals surface area contributed by atoms with Crippen LogP contribution in [-0.4, -0.2) is 35.9 Å². The van der Waals surface area contributed by atoms with E-state index in [1.54, 1.807) is 24.0 Å². The molecule has 5 nitrogen and oxygen atoms in total. The number of unbranched alkanes of at least 4 members (excludes halogenated alkanes) is 1. The van der Waals surface area contributed by atoms with E-state index in [-0.39, 0.29) is 11.8 Å². The molecule has 1 atom stereocenters. The quantitative estimate of drug-likeness (QED) is 0.490. The Bertz CT molecular complexity index is 781. The summed E-state index contributed by atoms with van der Waals surface area (Å²) in [5, 5.41) is 3.56. The minimum absolute atomic E-state index is 0.0697. The summed E-state index contributed by atoms with van der Waals surface area (Å²) in [7, 11) is 0. The zero-order valence-corrected chi connectivity index (χ0v) is 18.5. The van der Waals surface area contributed by atoms with E-state index in [2.05, 4.69) is 12.2 Å². The maximum atomic E-state index is 13.0. The van der Waals surface area contributed by atoms with Gasteiger partial charge in [0.15, 0.2) is 0 Å². The van der Waals surface area contributed by atoms with Crippen LogP contribution in [0.4, 0.5) is 0 Å². The van der Waals surface area contributed by atoms with Crippen LogP contribution in [0.2, 0.25) is 5.02 Å². The van der Waals surface area contributed by atoms with Crippen LogP contribution in [0.1, 0.15) is 45.1 Å². The van der Waals surface area contributed by atoms with Crippen molar-refractivity contribution in [2.45, 2.75) is 52.1 Å². The van der Waals surface area contributed by atoms with Gasteiger partial charge >= 0.3 is 0 Å². The Morgan fingerprint density at radius 3 is 2.43 bits per heavy atom. The van der Waals surface area contributed by atoms with Gasteiger partial charge in [-0.1, -0.05) is 55.3 Å². The summed E-state index contributed by atoms with van der Waals surface area (Å²) >= 11 is 5.97. The Labute approximate surface area is 184 Å². The monoisotopic (exact) mass is 430 g/mol. The number of hydrogen-bond acceptors (Lipinski definition) is 3. The fourth-order valence-corrected chi connectivity index (χ4v) is 3.10. The van der Waals surface area contributed by atoms with Crippen LogP contribution in [0.15, 0.2) is 54.6 Å². The predicted molar refractivity (Wildman–Crippen MR) is 121 cm³/mol. The molecule has 162 valence electrons. The SMILES string of the molecule is CCCCNC(=O)[C@H](C)N(Cc1ccc(Cl)cc1)C(=O)CCCOc1ccccc1. The van der Waals surface area contributed by atoms with Crippen molar-refractivity contribution in [2.24, 2.45) is 0 Å². The Hall–Kier alpha value is -2.53. The first kappa shape index (κ1) is 23.7. The molecule has 1 N–H and O–H groups in total. The number of carbonyl (C=O) groups excluding carboxylic acids is 2. The summed E-state index contributed by atoms with van der Waals surface area (Å²) in [6.07, 6.45) is 2.81. The number of amides is 2. The van der Waals surface area contributed by atoms with Gasteiger partial charge in [-0.3, -0.25) is 9.59 Å². The van der Waals surface area contributed by atoms with Gasteiger partial charge in [-0.2, -0.15) is 0 Å². The van der Waals surface area contributed by atoms with Crippen LogP contribution in [0.5, 0.6) is 5.75 Å². The van der Waals surface area contributed by atoms with E-state index in [4.69, 9.17) is 16.3 Å². The molecular weight excluding hydrogens is 400 g/mol. The molecule has 0 aliphatic rings. The highest BCUT2D eigenvalue weighted by Crippen LogP contribution is 2.15. The normalized spacial score (nSPS) is 11.6. The number of halogens is 1. The van der Waals surface area contributed by atoms with Crippen molar-refractivity contribution in [3.8, 4) is 5.75 Å². The molecule has 0 bridgehead atoms. The standard InChI is InChI=1S/C24H31ClN2O3/c1-3-4-16-26-24(29)19(2)27(18-20-12-14-21(25)15-13-20)23(28)11-8-17-30-22-9-6-5-7-10-22/h5-7,9-10,12-15,19H,3-4,8,11,16-18H2,1-2H3,(H,26,29)/t19-/m0/s1. The van der Waals surface area contributed by atoms with Gasteiger partial charge < -0.3 is 15.0 Å². The first-order chi connectivity index (χ1) is 14.5. The lowest BCUT2D eigenvalue weighted by molar-refractivity contribution is -0.140. The van der Waals surface area contributed by atoms with Crippen LogP contribution in [0.3, 0.4) is 0 Å². The summed E-state index contributed by atoms with van der Waals surface area (Å²) < 4.78 is 5.68. The van der Waals surface area contributed by atoms with Gasteiger partial charge in [-0.05, 0) is 49.6 Å². The van der Waals surface area contributed by atoms with Crippen molar-refractivity contribution in [3.63, 3.8) is 0 Å². The van der Waals surface area contributed by atoms with E-state index in [1.165, 1.54) is 0 Å². The average molecular weight is 431 g/mol. The zero-order valence-electron chi connectivity index (χ0n) is 17.8. The van der Waals surface area contributed by atoms with Crippen molar-refractivity contribution in [1.29, 1.82) is 0 Å². The van der Waals surface area contributed by atoms with E-state index in [1.807, 2.05) is 42.5 Å². The first-order valence-electron chi connectivity index (χ1n) is 10.5. The molecule has 2 rings (SSSR count). The molecule has 6 heteroatoms. The Morgan fingerprint density at radius 2 is 1.77 bits per heavy atom. The highest BCUT2D eigenvalue weighted by atomic mass is 35.5. The second-order valence-electron chi connectivity index (χ2n) is 7.23. The van der Waals surface area contributed by atoms with Gasteiger partial charge in [0.1, 0.15) is 11.8 Å². The molecule has 0 saturated heterocycles. The Morgan fingerprint density at radius 1 is 1.07 bits per heavy atom. The number of ether oxygens (including phenoxy) is 1. The minimum Gasteiger partial charge on any atom is -0.494 e. The highest BCUT2D eigenvalue weighted by Gasteiger charge is 2.25. The smallest absolute Gasteiger partial charge is 0.242 e. The van der Waals surface area contributed by atoms with E-state index in [9.17, 15) is 9.59 Å². The molecule has 2 aromatic carbocycles. The molecular formula is C24H31ClN2O3. The number of rotatable bonds is 12. The van der Waals surface area contributed by atoms with Crippen LogP contribution in [0.25, 0.3) is 0 Å². The molecule has 0 spiro atoms. The topological polar surface area (TPSA) is 58.6 Å². The molecule has 0 aliphatic carbocycles. The van der Waals surface area contributed by atoms with Gasteiger partial charge in [0.05, 0.1) is 6.61 Å². The Kier molecular flexibility index (Phi) is 10.2. The average Bonchev–Trinajstić information content (AvgIpc) is 2.76. The molecule has 0 aromatic heterocycles. The molecule has 0 unspecified atom stereocenters. The summed E-state index contributed by atoms with van der Waals surface area (Å²) in [6.45, 7) is 5.27. The second-order valence-corrected chi connectivity index (χ2v) is 7.67. The Balaban J connectivity index is 1.96. The zero-order chi connectivity index (χ0) is 21.8. The predicted octanol–water partition coefficient (Wildman–Crippen LogP) is 4.83. The third kappa shape index (κ3) is 8.07. The van der Waals surface area contributed by atoms with Crippen LogP contribution < -0.4 is 10.1 Å². The van der Waals surface area contributed by atoms with Gasteiger partial charge in [0.25, 0.3) is 0 Å². The maximum Gasteiger partial charge on any atom is 0.242 e. The third-order valence-corrected chi connectivity index (χ3v) is 5.06. The molecule has 0 heterocycles. The summed E-state index contributed by atoms with van der Waals surface area (Å²) in [6, 6.07) is 16.3. The van der Waals surface area contributed by atoms with Crippen molar-refractivity contribution >= 4 is 23.4 Å². The highest BCUT2D eigenvalue weighted by molar-refractivity contribution is 6.30. The number of para-hydroxylation sites is 1. The number of carbonyl (C=O) groups is 2. The lowest BCUT2D eigenvalue weighted by Gasteiger charge is -2.29. The van der Waals surface area contributed by atoms with Gasteiger partial charge in [0, 0.05) is 24.5 Å². The van der Waals surface area contributed by atoms with Crippen molar-refractivity contribution in [3.05, 3.63) is 65.2 Å². The number of hydrogen-bond donors (Lipinski definition) is 1. The minimum atomic E-state index is -0.555. The summed E-state index contributed by atoms with van der Waals surface area (Å²) in [4.78, 5) is 27.2. The third-order valence-electron chi connectivity index (χ3n) is 4.81. The molecule has 2 aromatic rings. The van der Waals surface area contributed by atoms with E-state index in [0.717, 1.165) is 24.2 Å². The molecule has 0 radical (unpaired) electrons. The van der Waals surface area contributed by atoms with Gasteiger partial charge in [0.2, 0.25) is 11.8 Å².